The van der Waals surface area contributed by atoms with E-state index in [4.69, 9.17) is 0 Å². The highest BCUT2D eigenvalue weighted by Gasteiger charge is 2.10. The van der Waals surface area contributed by atoms with Crippen molar-refractivity contribution in [3.63, 3.8) is 0 Å². The molecule has 0 spiro atoms. The lowest BCUT2D eigenvalue weighted by Crippen LogP contribution is -2.20. The molecular formula is C16H23N3. The third-order valence-electron chi connectivity index (χ3n) is 3.36. The van der Waals surface area contributed by atoms with Crippen molar-refractivity contribution < 1.29 is 0 Å². The van der Waals surface area contributed by atoms with Gasteiger partial charge in [-0.2, -0.15) is 5.10 Å². The third-order valence-corrected chi connectivity index (χ3v) is 3.36. The molecule has 1 aromatic heterocycles. The van der Waals surface area contributed by atoms with Crippen molar-refractivity contribution in [1.82, 2.24) is 15.1 Å². The molecule has 102 valence electrons. The molecule has 0 aliphatic rings. The molecule has 0 amide bonds. The molecule has 0 saturated carbocycles. The molecule has 0 radical (unpaired) electrons. The van der Waals surface area contributed by atoms with E-state index in [9.17, 15) is 0 Å². The van der Waals surface area contributed by atoms with Crippen LogP contribution in [0.2, 0.25) is 0 Å². The smallest absolute Gasteiger partial charge is 0.0534 e. The molecule has 1 aromatic carbocycles. The van der Waals surface area contributed by atoms with Gasteiger partial charge in [0.1, 0.15) is 0 Å². The van der Waals surface area contributed by atoms with Crippen molar-refractivity contribution in [2.24, 2.45) is 7.05 Å². The molecule has 0 bridgehead atoms. The number of benzene rings is 1. The number of aromatic nitrogens is 2. The van der Waals surface area contributed by atoms with Crippen molar-refractivity contribution in [2.45, 2.75) is 38.8 Å². The van der Waals surface area contributed by atoms with Crippen molar-refractivity contribution >= 4 is 0 Å². The highest BCUT2D eigenvalue weighted by Crippen LogP contribution is 2.19. The summed E-state index contributed by atoms with van der Waals surface area (Å²) in [5.41, 5.74) is 2.61. The number of hydrogen-bond acceptors (Lipinski definition) is 2. The predicted molar refractivity (Wildman–Crippen MR) is 78.8 cm³/mol. The molecule has 19 heavy (non-hydrogen) atoms. The van der Waals surface area contributed by atoms with Crippen molar-refractivity contribution in [2.75, 3.05) is 0 Å². The Morgan fingerprint density at radius 3 is 2.68 bits per heavy atom. The first kappa shape index (κ1) is 13.8. The number of hydrogen-bond donors (Lipinski definition) is 1. The van der Waals surface area contributed by atoms with Gasteiger partial charge in [-0.25, -0.2) is 0 Å². The minimum Gasteiger partial charge on any atom is -0.306 e. The maximum absolute atomic E-state index is 4.21. The first-order valence-corrected chi connectivity index (χ1v) is 7.05. The first-order valence-electron chi connectivity index (χ1n) is 7.05. The summed E-state index contributed by atoms with van der Waals surface area (Å²) >= 11 is 0. The van der Waals surface area contributed by atoms with Crippen molar-refractivity contribution in [1.29, 1.82) is 0 Å². The van der Waals surface area contributed by atoms with Crippen LogP contribution in [0.15, 0.2) is 42.7 Å². The minimum atomic E-state index is 0.432. The first-order chi connectivity index (χ1) is 9.29. The number of aryl methyl sites for hydroxylation is 1. The maximum Gasteiger partial charge on any atom is 0.0534 e. The molecule has 0 saturated heterocycles. The van der Waals surface area contributed by atoms with Gasteiger partial charge in [0.25, 0.3) is 0 Å². The Morgan fingerprint density at radius 2 is 2.05 bits per heavy atom. The standard InChI is InChI=1S/C16H23N3/c1-3-4-10-16(15-8-6-5-7-9-15)17-11-14-12-18-19(2)13-14/h5-9,12-13,16-17H,3-4,10-11H2,1-2H3. The molecule has 1 unspecified atom stereocenters. The fourth-order valence-corrected chi connectivity index (χ4v) is 2.28. The van der Waals surface area contributed by atoms with E-state index in [1.165, 1.54) is 30.4 Å². The summed E-state index contributed by atoms with van der Waals surface area (Å²) in [7, 11) is 1.95. The summed E-state index contributed by atoms with van der Waals surface area (Å²) in [4.78, 5) is 0. The molecule has 2 aromatic rings. The number of unbranched alkanes of at least 4 members (excludes halogenated alkanes) is 1. The highest BCUT2D eigenvalue weighted by atomic mass is 15.2. The molecule has 3 heteroatoms. The average Bonchev–Trinajstić information content (AvgIpc) is 2.86. The Morgan fingerprint density at radius 1 is 1.26 bits per heavy atom. The molecule has 0 fully saturated rings. The van der Waals surface area contributed by atoms with Crippen LogP contribution in [0.5, 0.6) is 0 Å². The van der Waals surface area contributed by atoms with E-state index in [2.05, 4.69) is 53.9 Å². The largest absolute Gasteiger partial charge is 0.306 e. The lowest BCUT2D eigenvalue weighted by molar-refractivity contribution is 0.480. The SMILES string of the molecule is CCCCC(NCc1cnn(C)c1)c1ccccc1. The summed E-state index contributed by atoms with van der Waals surface area (Å²) in [5.74, 6) is 0. The van der Waals surface area contributed by atoms with Gasteiger partial charge in [-0.3, -0.25) is 4.68 Å². The Bertz CT molecular complexity index is 476. The summed E-state index contributed by atoms with van der Waals surface area (Å²) in [6, 6.07) is 11.1. The molecule has 0 aliphatic carbocycles. The highest BCUT2D eigenvalue weighted by molar-refractivity contribution is 5.19. The van der Waals surface area contributed by atoms with Crippen LogP contribution in [0, 0.1) is 0 Å². The minimum absolute atomic E-state index is 0.432. The van der Waals surface area contributed by atoms with Gasteiger partial charge in [-0.1, -0.05) is 50.1 Å². The Kier molecular flexibility index (Phi) is 5.16. The number of rotatable bonds is 7. The molecular weight excluding hydrogens is 234 g/mol. The molecule has 1 atom stereocenters. The van der Waals surface area contributed by atoms with Gasteiger partial charge in [0.05, 0.1) is 6.20 Å². The predicted octanol–water partition coefficient (Wildman–Crippen LogP) is 3.44. The van der Waals surface area contributed by atoms with Gasteiger partial charge in [0.15, 0.2) is 0 Å². The fraction of sp³-hybridized carbons (Fsp3) is 0.438. The lowest BCUT2D eigenvalue weighted by Gasteiger charge is -2.18. The Labute approximate surface area is 115 Å². The van der Waals surface area contributed by atoms with E-state index in [1.54, 1.807) is 0 Å². The van der Waals surface area contributed by atoms with Gasteiger partial charge in [0, 0.05) is 31.4 Å². The van der Waals surface area contributed by atoms with E-state index in [0.717, 1.165) is 6.54 Å². The Hall–Kier alpha value is -1.61. The van der Waals surface area contributed by atoms with Crippen LogP contribution in [0.25, 0.3) is 0 Å². The van der Waals surface area contributed by atoms with E-state index in [0.29, 0.717) is 6.04 Å². The van der Waals surface area contributed by atoms with Crippen LogP contribution < -0.4 is 5.32 Å². The van der Waals surface area contributed by atoms with Crippen LogP contribution in [-0.4, -0.2) is 9.78 Å². The average molecular weight is 257 g/mol. The summed E-state index contributed by atoms with van der Waals surface area (Å²) < 4.78 is 1.85. The second kappa shape index (κ2) is 7.10. The van der Waals surface area contributed by atoms with Crippen molar-refractivity contribution in [3.8, 4) is 0 Å². The van der Waals surface area contributed by atoms with Gasteiger partial charge in [-0.05, 0) is 12.0 Å². The molecule has 1 heterocycles. The maximum atomic E-state index is 4.21. The zero-order chi connectivity index (χ0) is 13.5. The van der Waals surface area contributed by atoms with Crippen molar-refractivity contribution in [3.05, 3.63) is 53.9 Å². The lowest BCUT2D eigenvalue weighted by atomic mass is 10.0. The molecule has 0 aliphatic heterocycles. The van der Waals surface area contributed by atoms with E-state index < -0.39 is 0 Å². The summed E-state index contributed by atoms with van der Waals surface area (Å²) in [6.45, 7) is 3.11. The second-order valence-electron chi connectivity index (χ2n) is 5.01. The van der Waals surface area contributed by atoms with Gasteiger partial charge in [0.2, 0.25) is 0 Å². The van der Waals surface area contributed by atoms with E-state index in [-0.39, 0.29) is 0 Å². The van der Waals surface area contributed by atoms with Gasteiger partial charge < -0.3 is 5.32 Å². The zero-order valence-electron chi connectivity index (χ0n) is 11.8. The fourth-order valence-electron chi connectivity index (χ4n) is 2.28. The van der Waals surface area contributed by atoms with Crippen LogP contribution in [0.3, 0.4) is 0 Å². The van der Waals surface area contributed by atoms with E-state index in [1.807, 2.05) is 17.9 Å². The van der Waals surface area contributed by atoms with Crippen LogP contribution in [0.1, 0.15) is 43.4 Å². The normalized spacial score (nSPS) is 12.5. The number of nitrogens with one attached hydrogen (secondary N) is 1. The van der Waals surface area contributed by atoms with Crippen LogP contribution in [-0.2, 0) is 13.6 Å². The summed E-state index contributed by atoms with van der Waals surface area (Å²) in [6.07, 6.45) is 7.65. The quantitative estimate of drug-likeness (QED) is 0.823. The molecule has 1 N–H and O–H groups in total. The Balaban J connectivity index is 1.97. The second-order valence-corrected chi connectivity index (χ2v) is 5.01. The topological polar surface area (TPSA) is 29.9 Å². The van der Waals surface area contributed by atoms with Crippen LogP contribution in [0.4, 0.5) is 0 Å². The third kappa shape index (κ3) is 4.21. The van der Waals surface area contributed by atoms with E-state index >= 15 is 0 Å². The van der Waals surface area contributed by atoms with Crippen LogP contribution >= 0.6 is 0 Å². The summed E-state index contributed by atoms with van der Waals surface area (Å²) in [5, 5.41) is 7.85. The number of nitrogens with zero attached hydrogens (tertiary/aromatic N) is 2. The van der Waals surface area contributed by atoms with Gasteiger partial charge >= 0.3 is 0 Å². The monoisotopic (exact) mass is 257 g/mol. The molecule has 2 rings (SSSR count). The van der Waals surface area contributed by atoms with Gasteiger partial charge in [-0.15, -0.1) is 0 Å². The molecule has 3 nitrogen and oxygen atoms in total. The zero-order valence-corrected chi connectivity index (χ0v) is 11.8.